The number of aliphatic hydroxyl groups excluding tert-OH is 1. The first-order valence-corrected chi connectivity index (χ1v) is 5.52. The topological polar surface area (TPSA) is 42.6 Å². The molecule has 1 aromatic rings. The Morgan fingerprint density at radius 1 is 1.53 bits per heavy atom. The number of ether oxygens (including phenoxy) is 1. The number of methoxy groups -OCH3 is 1. The van der Waals surface area contributed by atoms with E-state index in [2.05, 4.69) is 0 Å². The van der Waals surface area contributed by atoms with E-state index in [-0.39, 0.29) is 5.60 Å². The molecule has 0 aliphatic heterocycles. The molecule has 1 aromatic heterocycles. The van der Waals surface area contributed by atoms with E-state index in [1.165, 1.54) is 0 Å². The van der Waals surface area contributed by atoms with Gasteiger partial charge in [-0.25, -0.2) is 0 Å². The molecule has 0 amide bonds. The summed E-state index contributed by atoms with van der Waals surface area (Å²) in [6, 6.07) is 3.73. The minimum Gasteiger partial charge on any atom is -0.469 e. The van der Waals surface area contributed by atoms with Gasteiger partial charge in [-0.05, 0) is 25.0 Å². The fourth-order valence-electron chi connectivity index (χ4n) is 2.45. The van der Waals surface area contributed by atoms with Gasteiger partial charge >= 0.3 is 0 Å². The van der Waals surface area contributed by atoms with Gasteiger partial charge in [0.1, 0.15) is 5.76 Å². The molecule has 0 radical (unpaired) electrons. The van der Waals surface area contributed by atoms with E-state index in [1.54, 1.807) is 13.4 Å². The van der Waals surface area contributed by atoms with E-state index in [9.17, 15) is 5.11 Å². The molecule has 3 nitrogen and oxygen atoms in total. The quantitative estimate of drug-likeness (QED) is 0.828. The Morgan fingerprint density at radius 3 is 2.80 bits per heavy atom. The van der Waals surface area contributed by atoms with E-state index in [0.29, 0.717) is 6.42 Å². The molecule has 1 heterocycles. The van der Waals surface area contributed by atoms with E-state index in [0.717, 1.165) is 31.4 Å². The van der Waals surface area contributed by atoms with Crippen molar-refractivity contribution >= 4 is 0 Å². The van der Waals surface area contributed by atoms with E-state index < -0.39 is 6.10 Å². The summed E-state index contributed by atoms with van der Waals surface area (Å²) in [5, 5.41) is 10.2. The third-order valence-corrected chi connectivity index (χ3v) is 3.44. The van der Waals surface area contributed by atoms with Crippen molar-refractivity contribution in [3.8, 4) is 0 Å². The van der Waals surface area contributed by atoms with Crippen LogP contribution in [0.1, 0.15) is 31.4 Å². The number of hydrogen-bond donors (Lipinski definition) is 1. The molecule has 0 spiro atoms. The van der Waals surface area contributed by atoms with Gasteiger partial charge in [0.15, 0.2) is 0 Å². The second-order valence-corrected chi connectivity index (χ2v) is 4.28. The lowest BCUT2D eigenvalue weighted by Crippen LogP contribution is -2.42. The average molecular weight is 210 g/mol. The predicted octanol–water partition coefficient (Wildman–Crippen LogP) is 2.14. The van der Waals surface area contributed by atoms with Gasteiger partial charge in [0.25, 0.3) is 0 Å². The molecular formula is C12H18O3. The van der Waals surface area contributed by atoms with Crippen LogP contribution in [0.4, 0.5) is 0 Å². The summed E-state index contributed by atoms with van der Waals surface area (Å²) >= 11 is 0. The van der Waals surface area contributed by atoms with Crippen LogP contribution >= 0.6 is 0 Å². The number of hydrogen-bond acceptors (Lipinski definition) is 3. The lowest BCUT2D eigenvalue weighted by Gasteiger charge is -2.32. The molecule has 0 bridgehead atoms. The summed E-state index contributed by atoms with van der Waals surface area (Å²) in [7, 11) is 1.69. The maximum atomic E-state index is 10.2. The van der Waals surface area contributed by atoms with Crippen molar-refractivity contribution in [2.24, 2.45) is 0 Å². The molecule has 1 fully saturated rings. The van der Waals surface area contributed by atoms with Crippen LogP contribution in [-0.4, -0.2) is 23.9 Å². The zero-order chi connectivity index (χ0) is 10.7. The highest BCUT2D eigenvalue weighted by atomic mass is 16.5. The van der Waals surface area contributed by atoms with Crippen molar-refractivity contribution in [2.45, 2.75) is 43.8 Å². The highest BCUT2D eigenvalue weighted by Gasteiger charge is 2.40. The Kier molecular flexibility index (Phi) is 3.12. The van der Waals surface area contributed by atoms with Crippen molar-refractivity contribution in [2.75, 3.05) is 7.11 Å². The first-order valence-electron chi connectivity index (χ1n) is 5.52. The highest BCUT2D eigenvalue weighted by molar-refractivity contribution is 5.04. The molecule has 2 rings (SSSR count). The van der Waals surface area contributed by atoms with Crippen LogP contribution in [0.15, 0.2) is 22.8 Å². The number of aliphatic hydroxyl groups is 1. The standard InChI is InChI=1S/C12H18O3/c1-14-12(6-2-3-7-12)11(13)9-10-5-4-8-15-10/h4-5,8,11,13H,2-3,6-7,9H2,1H3. The largest absolute Gasteiger partial charge is 0.469 e. The smallest absolute Gasteiger partial charge is 0.106 e. The van der Waals surface area contributed by atoms with Gasteiger partial charge in [-0.1, -0.05) is 12.8 Å². The van der Waals surface area contributed by atoms with Crippen molar-refractivity contribution in [3.05, 3.63) is 24.2 Å². The van der Waals surface area contributed by atoms with Crippen LogP contribution in [0.25, 0.3) is 0 Å². The first-order chi connectivity index (χ1) is 7.27. The third kappa shape index (κ3) is 2.08. The first kappa shape index (κ1) is 10.7. The van der Waals surface area contributed by atoms with Gasteiger partial charge in [0.05, 0.1) is 18.0 Å². The molecule has 1 unspecified atom stereocenters. The van der Waals surface area contributed by atoms with Crippen LogP contribution in [0, 0.1) is 0 Å². The Bertz CT molecular complexity index is 286. The molecular weight excluding hydrogens is 192 g/mol. The second kappa shape index (κ2) is 4.37. The molecule has 15 heavy (non-hydrogen) atoms. The maximum absolute atomic E-state index is 10.2. The summed E-state index contributed by atoms with van der Waals surface area (Å²) in [5.41, 5.74) is -0.340. The van der Waals surface area contributed by atoms with Crippen molar-refractivity contribution < 1.29 is 14.3 Å². The fourth-order valence-corrected chi connectivity index (χ4v) is 2.45. The van der Waals surface area contributed by atoms with Gasteiger partial charge in [-0.3, -0.25) is 0 Å². The maximum Gasteiger partial charge on any atom is 0.106 e. The molecule has 84 valence electrons. The number of rotatable bonds is 4. The van der Waals surface area contributed by atoms with Crippen LogP contribution < -0.4 is 0 Å². The van der Waals surface area contributed by atoms with Crippen molar-refractivity contribution in [3.63, 3.8) is 0 Å². The monoisotopic (exact) mass is 210 g/mol. The Morgan fingerprint density at radius 2 is 2.27 bits per heavy atom. The molecule has 1 atom stereocenters. The molecule has 1 aliphatic carbocycles. The predicted molar refractivity (Wildman–Crippen MR) is 56.6 cm³/mol. The molecule has 0 aromatic carbocycles. The average Bonchev–Trinajstić information content (AvgIpc) is 2.87. The number of furan rings is 1. The SMILES string of the molecule is COC1(C(O)Cc2ccco2)CCCC1. The lowest BCUT2D eigenvalue weighted by molar-refractivity contribution is -0.0984. The normalized spacial score (nSPS) is 21.7. The minimum atomic E-state index is -0.462. The summed E-state index contributed by atoms with van der Waals surface area (Å²) in [6.07, 6.45) is 5.90. The molecule has 1 N–H and O–H groups in total. The van der Waals surface area contributed by atoms with Crippen LogP contribution in [-0.2, 0) is 11.2 Å². The minimum absolute atomic E-state index is 0.340. The molecule has 1 saturated carbocycles. The van der Waals surface area contributed by atoms with Gasteiger partial charge in [0.2, 0.25) is 0 Å². The van der Waals surface area contributed by atoms with Crippen LogP contribution in [0.3, 0.4) is 0 Å². The second-order valence-electron chi connectivity index (χ2n) is 4.28. The lowest BCUT2D eigenvalue weighted by atomic mass is 9.91. The van der Waals surface area contributed by atoms with E-state index in [1.807, 2.05) is 12.1 Å². The Balaban J connectivity index is 2.02. The van der Waals surface area contributed by atoms with Crippen molar-refractivity contribution in [1.82, 2.24) is 0 Å². The van der Waals surface area contributed by atoms with Crippen LogP contribution in [0.2, 0.25) is 0 Å². The zero-order valence-corrected chi connectivity index (χ0v) is 9.11. The zero-order valence-electron chi connectivity index (χ0n) is 9.11. The summed E-state index contributed by atoms with van der Waals surface area (Å²) in [6.45, 7) is 0. The Hall–Kier alpha value is -0.800. The molecule has 3 heteroatoms. The van der Waals surface area contributed by atoms with Crippen molar-refractivity contribution in [1.29, 1.82) is 0 Å². The van der Waals surface area contributed by atoms with Crippen LogP contribution in [0.5, 0.6) is 0 Å². The van der Waals surface area contributed by atoms with E-state index in [4.69, 9.17) is 9.15 Å². The Labute approximate surface area is 90.0 Å². The summed E-state index contributed by atoms with van der Waals surface area (Å²) in [4.78, 5) is 0. The van der Waals surface area contributed by atoms with Gasteiger partial charge in [-0.15, -0.1) is 0 Å². The third-order valence-electron chi connectivity index (χ3n) is 3.44. The van der Waals surface area contributed by atoms with E-state index >= 15 is 0 Å². The van der Waals surface area contributed by atoms with Gasteiger partial charge in [0, 0.05) is 13.5 Å². The molecule has 0 saturated heterocycles. The fraction of sp³-hybridized carbons (Fsp3) is 0.667. The van der Waals surface area contributed by atoms with Gasteiger partial charge in [-0.2, -0.15) is 0 Å². The van der Waals surface area contributed by atoms with Gasteiger partial charge < -0.3 is 14.3 Å². The molecule has 1 aliphatic rings. The summed E-state index contributed by atoms with van der Waals surface area (Å²) < 4.78 is 10.8. The highest BCUT2D eigenvalue weighted by Crippen LogP contribution is 2.36. The summed E-state index contributed by atoms with van der Waals surface area (Å²) in [5.74, 6) is 0.825.